The summed E-state index contributed by atoms with van der Waals surface area (Å²) in [5.41, 5.74) is 1.74. The first-order chi connectivity index (χ1) is 8.69. The molecule has 1 saturated heterocycles. The third kappa shape index (κ3) is 3.43. The average Bonchev–Trinajstić information content (AvgIpc) is 2.37. The van der Waals surface area contributed by atoms with Crippen molar-refractivity contribution in [1.29, 1.82) is 0 Å². The highest BCUT2D eigenvalue weighted by Gasteiger charge is 2.19. The van der Waals surface area contributed by atoms with Crippen LogP contribution >= 0.6 is 0 Å². The molecule has 0 saturated carbocycles. The summed E-state index contributed by atoms with van der Waals surface area (Å²) < 4.78 is 5.78. The average molecular weight is 250 g/mol. The first-order valence-corrected chi connectivity index (χ1v) is 6.60. The van der Waals surface area contributed by atoms with Crippen molar-refractivity contribution in [2.45, 2.75) is 38.8 Å². The van der Waals surface area contributed by atoms with Gasteiger partial charge in [-0.3, -0.25) is 0 Å². The van der Waals surface area contributed by atoms with Gasteiger partial charge >= 0.3 is 0 Å². The van der Waals surface area contributed by atoms with E-state index in [0.29, 0.717) is 18.5 Å². The molecule has 100 valence electrons. The van der Waals surface area contributed by atoms with E-state index in [1.807, 2.05) is 19.1 Å². The van der Waals surface area contributed by atoms with Crippen molar-refractivity contribution in [2.75, 3.05) is 20.2 Å². The van der Waals surface area contributed by atoms with Gasteiger partial charge in [-0.1, -0.05) is 6.42 Å². The zero-order valence-electron chi connectivity index (χ0n) is 11.2. The molecule has 0 aromatic carbocycles. The molecule has 1 unspecified atom stereocenters. The van der Waals surface area contributed by atoms with Crippen LogP contribution < -0.4 is 4.74 Å². The zero-order valence-corrected chi connectivity index (χ0v) is 11.2. The molecule has 1 fully saturated rings. The lowest BCUT2D eigenvalue weighted by molar-refractivity contribution is 0.122. The van der Waals surface area contributed by atoms with E-state index in [0.717, 1.165) is 17.8 Å². The molecular weight excluding hydrogens is 228 g/mol. The third-order valence-corrected chi connectivity index (χ3v) is 3.52. The van der Waals surface area contributed by atoms with Gasteiger partial charge in [0.2, 0.25) is 5.88 Å². The van der Waals surface area contributed by atoms with Crippen molar-refractivity contribution in [3.8, 4) is 5.88 Å². The number of aliphatic hydroxyl groups excluding tert-OH is 1. The van der Waals surface area contributed by atoms with E-state index < -0.39 is 0 Å². The Hall–Kier alpha value is -1.13. The number of aliphatic hydroxyl groups is 1. The standard InChI is InChI=1S/C14H22N2O2/c1-11-7-12(9-17)8-14(15-11)18-10-13-5-3-4-6-16(13)2/h7-8,13,17H,3-6,9-10H2,1-2H3. The number of piperidine rings is 1. The van der Waals surface area contributed by atoms with Crippen molar-refractivity contribution in [1.82, 2.24) is 9.88 Å². The summed E-state index contributed by atoms with van der Waals surface area (Å²) >= 11 is 0. The molecule has 1 aliphatic rings. The molecule has 0 amide bonds. The Morgan fingerprint density at radius 1 is 1.44 bits per heavy atom. The van der Waals surface area contributed by atoms with E-state index in [1.54, 1.807) is 0 Å². The number of aromatic nitrogens is 1. The maximum atomic E-state index is 9.15. The van der Waals surface area contributed by atoms with Crippen LogP contribution in [-0.4, -0.2) is 41.2 Å². The predicted molar refractivity (Wildman–Crippen MR) is 70.7 cm³/mol. The highest BCUT2D eigenvalue weighted by Crippen LogP contribution is 2.17. The van der Waals surface area contributed by atoms with Crippen molar-refractivity contribution in [3.63, 3.8) is 0 Å². The number of likely N-dealkylation sites (tertiary alicyclic amines) is 1. The van der Waals surface area contributed by atoms with Crippen molar-refractivity contribution >= 4 is 0 Å². The van der Waals surface area contributed by atoms with Gasteiger partial charge in [0.15, 0.2) is 0 Å². The number of hydrogen-bond acceptors (Lipinski definition) is 4. The minimum absolute atomic E-state index is 0.0308. The fraction of sp³-hybridized carbons (Fsp3) is 0.643. The van der Waals surface area contributed by atoms with E-state index in [-0.39, 0.29) is 6.61 Å². The summed E-state index contributed by atoms with van der Waals surface area (Å²) in [4.78, 5) is 6.69. The van der Waals surface area contributed by atoms with Gasteiger partial charge in [0.1, 0.15) is 6.61 Å². The summed E-state index contributed by atoms with van der Waals surface area (Å²) in [5, 5.41) is 9.15. The molecular formula is C14H22N2O2. The first kappa shape index (κ1) is 13.3. The van der Waals surface area contributed by atoms with Gasteiger partial charge in [-0.25, -0.2) is 4.98 Å². The fourth-order valence-electron chi connectivity index (χ4n) is 2.41. The maximum absolute atomic E-state index is 9.15. The van der Waals surface area contributed by atoms with E-state index in [1.165, 1.54) is 19.3 Å². The minimum Gasteiger partial charge on any atom is -0.476 e. The molecule has 4 heteroatoms. The lowest BCUT2D eigenvalue weighted by Crippen LogP contribution is -2.40. The molecule has 2 rings (SSSR count). The van der Waals surface area contributed by atoms with E-state index in [2.05, 4.69) is 16.9 Å². The highest BCUT2D eigenvalue weighted by molar-refractivity contribution is 5.24. The molecule has 0 bridgehead atoms. The Kier molecular flexibility index (Phi) is 4.55. The molecule has 0 aliphatic carbocycles. The molecule has 1 N–H and O–H groups in total. The molecule has 1 aromatic rings. The van der Waals surface area contributed by atoms with E-state index in [9.17, 15) is 0 Å². The quantitative estimate of drug-likeness (QED) is 0.884. The van der Waals surface area contributed by atoms with Gasteiger partial charge in [-0.2, -0.15) is 0 Å². The molecule has 1 aromatic heterocycles. The largest absolute Gasteiger partial charge is 0.476 e. The number of likely N-dealkylation sites (N-methyl/N-ethyl adjacent to an activating group) is 1. The van der Waals surface area contributed by atoms with Crippen LogP contribution in [0.3, 0.4) is 0 Å². The molecule has 1 atom stereocenters. The smallest absolute Gasteiger partial charge is 0.213 e. The van der Waals surface area contributed by atoms with Crippen LogP contribution in [0.4, 0.5) is 0 Å². The monoisotopic (exact) mass is 250 g/mol. The highest BCUT2D eigenvalue weighted by atomic mass is 16.5. The van der Waals surface area contributed by atoms with Gasteiger partial charge in [-0.15, -0.1) is 0 Å². The molecule has 4 nitrogen and oxygen atoms in total. The Balaban J connectivity index is 1.94. The Morgan fingerprint density at radius 3 is 3.00 bits per heavy atom. The van der Waals surface area contributed by atoms with Crippen LogP contribution in [0.15, 0.2) is 12.1 Å². The molecule has 0 radical (unpaired) electrons. The normalized spacial score (nSPS) is 20.9. The Bertz CT molecular complexity index is 395. The van der Waals surface area contributed by atoms with Gasteiger partial charge in [0, 0.05) is 17.8 Å². The van der Waals surface area contributed by atoms with Gasteiger partial charge in [0.05, 0.1) is 6.61 Å². The van der Waals surface area contributed by atoms with Crippen molar-refractivity contribution in [2.24, 2.45) is 0 Å². The van der Waals surface area contributed by atoms with Crippen LogP contribution in [0, 0.1) is 6.92 Å². The number of aryl methyl sites for hydroxylation is 1. The van der Waals surface area contributed by atoms with Crippen molar-refractivity contribution < 1.29 is 9.84 Å². The summed E-state index contributed by atoms with van der Waals surface area (Å²) in [5.74, 6) is 0.623. The number of nitrogens with zero attached hydrogens (tertiary/aromatic N) is 2. The lowest BCUT2D eigenvalue weighted by Gasteiger charge is -2.32. The number of pyridine rings is 1. The number of ether oxygens (including phenoxy) is 1. The zero-order chi connectivity index (χ0) is 13.0. The predicted octanol–water partition coefficient (Wildman–Crippen LogP) is 1.75. The fourth-order valence-corrected chi connectivity index (χ4v) is 2.41. The summed E-state index contributed by atoms with van der Waals surface area (Å²) in [7, 11) is 2.15. The van der Waals surface area contributed by atoms with Gasteiger partial charge in [-0.05, 0) is 45.0 Å². The van der Waals surface area contributed by atoms with Crippen LogP contribution in [0.1, 0.15) is 30.5 Å². The summed E-state index contributed by atoms with van der Waals surface area (Å²) in [6.45, 7) is 3.77. The molecule has 1 aliphatic heterocycles. The summed E-state index contributed by atoms with van der Waals surface area (Å²) in [6.07, 6.45) is 3.75. The second kappa shape index (κ2) is 6.16. The van der Waals surface area contributed by atoms with E-state index >= 15 is 0 Å². The van der Waals surface area contributed by atoms with Gasteiger partial charge in [0.25, 0.3) is 0 Å². The second-order valence-corrected chi connectivity index (χ2v) is 5.05. The summed E-state index contributed by atoms with van der Waals surface area (Å²) in [6, 6.07) is 4.17. The molecule has 18 heavy (non-hydrogen) atoms. The topological polar surface area (TPSA) is 45.6 Å². The van der Waals surface area contributed by atoms with Crippen LogP contribution in [0.5, 0.6) is 5.88 Å². The SMILES string of the molecule is Cc1cc(CO)cc(OCC2CCCCN2C)n1. The lowest BCUT2D eigenvalue weighted by atomic mass is 10.0. The maximum Gasteiger partial charge on any atom is 0.213 e. The first-order valence-electron chi connectivity index (χ1n) is 6.60. The Labute approximate surface area is 109 Å². The van der Waals surface area contributed by atoms with E-state index in [4.69, 9.17) is 9.84 Å². The minimum atomic E-state index is 0.0308. The van der Waals surface area contributed by atoms with Gasteiger partial charge < -0.3 is 14.7 Å². The van der Waals surface area contributed by atoms with Crippen LogP contribution in [0.25, 0.3) is 0 Å². The molecule has 2 heterocycles. The third-order valence-electron chi connectivity index (χ3n) is 3.52. The second-order valence-electron chi connectivity index (χ2n) is 5.05. The van der Waals surface area contributed by atoms with Crippen molar-refractivity contribution in [3.05, 3.63) is 23.4 Å². The number of hydrogen-bond donors (Lipinski definition) is 1. The Morgan fingerprint density at radius 2 is 2.28 bits per heavy atom. The molecule has 0 spiro atoms. The number of rotatable bonds is 4. The van der Waals surface area contributed by atoms with Crippen LogP contribution in [0.2, 0.25) is 0 Å². The van der Waals surface area contributed by atoms with Crippen LogP contribution in [-0.2, 0) is 6.61 Å².